The van der Waals surface area contributed by atoms with Gasteiger partial charge in [0, 0.05) is 24.5 Å². The first-order valence-corrected chi connectivity index (χ1v) is 6.98. The number of aromatic nitrogens is 1. The first-order chi connectivity index (χ1) is 11.5. The molecule has 24 heavy (non-hydrogen) atoms. The number of hydrogen-bond donors (Lipinski definition) is 3. The van der Waals surface area contributed by atoms with E-state index in [0.29, 0.717) is 11.4 Å². The number of anilines is 2. The van der Waals surface area contributed by atoms with Gasteiger partial charge in [0.2, 0.25) is 5.91 Å². The van der Waals surface area contributed by atoms with E-state index in [1.165, 1.54) is 25.3 Å². The Balaban J connectivity index is 1.92. The fraction of sp³-hybridized carbons (Fsp3) is 0.125. The van der Waals surface area contributed by atoms with E-state index in [0.717, 1.165) is 0 Å². The first kappa shape index (κ1) is 16.9. The Bertz CT molecular complexity index is 828. The van der Waals surface area contributed by atoms with Crippen LogP contribution in [0.2, 0.25) is 0 Å². The van der Waals surface area contributed by atoms with Crippen molar-refractivity contribution in [3.05, 3.63) is 58.5 Å². The zero-order chi connectivity index (χ0) is 17.5. The van der Waals surface area contributed by atoms with Gasteiger partial charge in [0.05, 0.1) is 0 Å². The van der Waals surface area contributed by atoms with E-state index in [1.807, 2.05) is 0 Å². The van der Waals surface area contributed by atoms with Crippen molar-refractivity contribution < 1.29 is 19.1 Å². The number of amides is 2. The van der Waals surface area contributed by atoms with Crippen LogP contribution < -0.4 is 16.2 Å². The van der Waals surface area contributed by atoms with Gasteiger partial charge in [-0.05, 0) is 30.3 Å². The summed E-state index contributed by atoms with van der Waals surface area (Å²) in [5.41, 5.74) is 0.178. The molecule has 1 heterocycles. The predicted octanol–water partition coefficient (Wildman–Crippen LogP) is 1.13. The highest BCUT2D eigenvalue weighted by Crippen LogP contribution is 2.14. The molecular weight excluding hydrogens is 314 g/mol. The average Bonchev–Trinajstić information content (AvgIpc) is 2.53. The van der Waals surface area contributed by atoms with E-state index in [-0.39, 0.29) is 11.5 Å². The highest BCUT2D eigenvalue weighted by Gasteiger charge is 2.13. The van der Waals surface area contributed by atoms with E-state index in [2.05, 4.69) is 15.6 Å². The quantitative estimate of drug-likeness (QED) is 0.711. The number of pyridine rings is 1. The van der Waals surface area contributed by atoms with Gasteiger partial charge in [0.15, 0.2) is 6.61 Å². The number of carbonyl (C=O) groups excluding carboxylic acids is 3. The molecule has 0 saturated carbocycles. The summed E-state index contributed by atoms with van der Waals surface area (Å²) in [4.78, 5) is 48.3. The zero-order valence-electron chi connectivity index (χ0n) is 12.8. The maximum absolute atomic E-state index is 11.8. The lowest BCUT2D eigenvalue weighted by atomic mass is 10.2. The van der Waals surface area contributed by atoms with Crippen molar-refractivity contribution >= 4 is 29.2 Å². The summed E-state index contributed by atoms with van der Waals surface area (Å²) in [5, 5.41) is 5.11. The molecule has 0 aliphatic rings. The second-order valence-corrected chi connectivity index (χ2v) is 4.80. The van der Waals surface area contributed by atoms with Crippen molar-refractivity contribution in [2.24, 2.45) is 0 Å². The number of rotatable bonds is 5. The van der Waals surface area contributed by atoms with Crippen LogP contribution >= 0.6 is 0 Å². The fourth-order valence-corrected chi connectivity index (χ4v) is 1.87. The molecule has 124 valence electrons. The maximum atomic E-state index is 11.8. The molecule has 8 nitrogen and oxygen atoms in total. The van der Waals surface area contributed by atoms with Crippen LogP contribution in [0.15, 0.2) is 47.4 Å². The third-order valence-electron chi connectivity index (χ3n) is 2.84. The minimum atomic E-state index is -0.890. The number of benzene rings is 1. The maximum Gasteiger partial charge on any atom is 0.344 e. The third kappa shape index (κ3) is 4.80. The Hall–Kier alpha value is -3.42. The van der Waals surface area contributed by atoms with Crippen LogP contribution in [0.5, 0.6) is 0 Å². The molecule has 0 bridgehead atoms. The standard InChI is InChI=1S/C16H15N3O5/c1-10(20)18-11-4-2-5-12(8-11)19-14(21)9-24-16(23)13-6-3-7-17-15(13)22/h2-8H,9H2,1H3,(H,17,22)(H,18,20)(H,19,21). The molecule has 0 fully saturated rings. The SMILES string of the molecule is CC(=O)Nc1cccc(NC(=O)COC(=O)c2ccc[nH]c2=O)c1. The van der Waals surface area contributed by atoms with Gasteiger partial charge in [0.1, 0.15) is 5.56 Å². The minimum Gasteiger partial charge on any atom is -0.452 e. The fourth-order valence-electron chi connectivity index (χ4n) is 1.87. The van der Waals surface area contributed by atoms with Gasteiger partial charge in [0.25, 0.3) is 11.5 Å². The van der Waals surface area contributed by atoms with E-state index in [4.69, 9.17) is 4.74 Å². The molecular formula is C16H15N3O5. The number of esters is 1. The second-order valence-electron chi connectivity index (χ2n) is 4.80. The topological polar surface area (TPSA) is 117 Å². The molecule has 1 aromatic carbocycles. The summed E-state index contributed by atoms with van der Waals surface area (Å²) in [6.45, 7) is 0.827. The number of aromatic amines is 1. The van der Waals surface area contributed by atoms with E-state index >= 15 is 0 Å². The van der Waals surface area contributed by atoms with Crippen molar-refractivity contribution in [1.82, 2.24) is 4.98 Å². The molecule has 2 amide bonds. The largest absolute Gasteiger partial charge is 0.452 e. The van der Waals surface area contributed by atoms with E-state index in [1.54, 1.807) is 24.3 Å². The van der Waals surface area contributed by atoms with Crippen LogP contribution in [0.4, 0.5) is 11.4 Å². The first-order valence-electron chi connectivity index (χ1n) is 6.98. The van der Waals surface area contributed by atoms with Gasteiger partial charge in [-0.15, -0.1) is 0 Å². The number of nitrogens with one attached hydrogen (secondary N) is 3. The van der Waals surface area contributed by atoms with Crippen molar-refractivity contribution in [1.29, 1.82) is 0 Å². The summed E-state index contributed by atoms with van der Waals surface area (Å²) in [7, 11) is 0. The molecule has 8 heteroatoms. The number of carbonyl (C=O) groups is 3. The Morgan fingerprint density at radius 1 is 1.08 bits per heavy atom. The molecule has 2 rings (SSSR count). The van der Waals surface area contributed by atoms with Crippen LogP contribution in [-0.4, -0.2) is 29.4 Å². The van der Waals surface area contributed by atoms with Gasteiger partial charge in [-0.1, -0.05) is 6.07 Å². The number of ether oxygens (including phenoxy) is 1. The lowest BCUT2D eigenvalue weighted by Crippen LogP contribution is -2.24. The summed E-state index contributed by atoms with van der Waals surface area (Å²) >= 11 is 0. The molecule has 3 N–H and O–H groups in total. The summed E-state index contributed by atoms with van der Waals surface area (Å²) < 4.78 is 4.80. The Labute approximate surface area is 136 Å². The smallest absolute Gasteiger partial charge is 0.344 e. The molecule has 0 saturated heterocycles. The average molecular weight is 329 g/mol. The molecule has 0 radical (unpaired) electrons. The van der Waals surface area contributed by atoms with Crippen molar-refractivity contribution in [3.63, 3.8) is 0 Å². The molecule has 0 spiro atoms. The van der Waals surface area contributed by atoms with Crippen LogP contribution in [0.3, 0.4) is 0 Å². The van der Waals surface area contributed by atoms with Gasteiger partial charge in [-0.25, -0.2) is 4.79 Å². The van der Waals surface area contributed by atoms with Crippen LogP contribution in [-0.2, 0) is 14.3 Å². The zero-order valence-corrected chi connectivity index (χ0v) is 12.8. The summed E-state index contributed by atoms with van der Waals surface area (Å²) in [6.07, 6.45) is 1.38. The molecule has 2 aromatic rings. The molecule has 0 unspecified atom stereocenters. The van der Waals surface area contributed by atoms with Crippen LogP contribution in [0.1, 0.15) is 17.3 Å². The summed E-state index contributed by atoms with van der Waals surface area (Å²) in [5.74, 6) is -1.70. The van der Waals surface area contributed by atoms with Crippen LogP contribution in [0.25, 0.3) is 0 Å². The Morgan fingerprint density at radius 2 is 1.79 bits per heavy atom. The normalized spacial score (nSPS) is 9.88. The lowest BCUT2D eigenvalue weighted by Gasteiger charge is -2.08. The van der Waals surface area contributed by atoms with Gasteiger partial charge < -0.3 is 20.4 Å². The number of H-pyrrole nitrogens is 1. The molecule has 0 aliphatic heterocycles. The molecule has 0 atom stereocenters. The highest BCUT2D eigenvalue weighted by molar-refractivity contribution is 5.96. The minimum absolute atomic E-state index is 0.182. The second kappa shape index (κ2) is 7.73. The van der Waals surface area contributed by atoms with E-state index < -0.39 is 24.0 Å². The summed E-state index contributed by atoms with van der Waals surface area (Å²) in [6, 6.07) is 9.27. The Kier molecular flexibility index (Phi) is 5.45. The molecule has 0 aliphatic carbocycles. The van der Waals surface area contributed by atoms with Gasteiger partial charge in [-0.2, -0.15) is 0 Å². The third-order valence-corrected chi connectivity index (χ3v) is 2.84. The molecule has 1 aromatic heterocycles. The van der Waals surface area contributed by atoms with Crippen molar-refractivity contribution in [2.45, 2.75) is 6.92 Å². The van der Waals surface area contributed by atoms with Crippen LogP contribution in [0, 0.1) is 0 Å². The Morgan fingerprint density at radius 3 is 2.46 bits per heavy atom. The van der Waals surface area contributed by atoms with Gasteiger partial charge >= 0.3 is 5.97 Å². The number of hydrogen-bond acceptors (Lipinski definition) is 5. The van der Waals surface area contributed by atoms with Crippen molar-refractivity contribution in [2.75, 3.05) is 17.2 Å². The van der Waals surface area contributed by atoms with Crippen molar-refractivity contribution in [3.8, 4) is 0 Å². The highest BCUT2D eigenvalue weighted by atomic mass is 16.5. The van der Waals surface area contributed by atoms with E-state index in [9.17, 15) is 19.2 Å². The monoisotopic (exact) mass is 329 g/mol. The predicted molar refractivity (Wildman–Crippen MR) is 86.7 cm³/mol. The van der Waals surface area contributed by atoms with Gasteiger partial charge in [-0.3, -0.25) is 14.4 Å². The lowest BCUT2D eigenvalue weighted by molar-refractivity contribution is -0.119.